The van der Waals surface area contributed by atoms with E-state index in [1.54, 1.807) is 12.1 Å². The molecule has 2 nitrogen and oxygen atoms in total. The summed E-state index contributed by atoms with van der Waals surface area (Å²) >= 11 is 6.13. The van der Waals surface area contributed by atoms with Gasteiger partial charge >= 0.3 is 0 Å². The first-order valence-corrected chi connectivity index (χ1v) is 7.40. The number of halogens is 2. The van der Waals surface area contributed by atoms with Crippen molar-refractivity contribution in [3.8, 4) is 0 Å². The molecular weight excluding hydrogens is 263 g/mol. The van der Waals surface area contributed by atoms with E-state index < -0.39 is 0 Å². The van der Waals surface area contributed by atoms with Crippen molar-refractivity contribution in [1.82, 2.24) is 10.2 Å². The third-order valence-corrected chi connectivity index (χ3v) is 4.13. The van der Waals surface area contributed by atoms with Gasteiger partial charge in [0, 0.05) is 42.3 Å². The van der Waals surface area contributed by atoms with Crippen LogP contribution in [-0.2, 0) is 6.54 Å². The maximum absolute atomic E-state index is 13.9. The third-order valence-electron chi connectivity index (χ3n) is 3.77. The molecule has 1 aromatic rings. The molecule has 0 amide bonds. The second kappa shape index (κ2) is 6.69. The fraction of sp³-hybridized carbons (Fsp3) is 0.600. The average Bonchev–Trinajstić information content (AvgIpc) is 2.37. The molecule has 1 aliphatic heterocycles. The predicted molar refractivity (Wildman–Crippen MR) is 78.0 cm³/mol. The number of rotatable bonds is 4. The normalized spacial score (nSPS) is 24.6. The van der Waals surface area contributed by atoms with Crippen LogP contribution in [0.5, 0.6) is 0 Å². The van der Waals surface area contributed by atoms with E-state index in [9.17, 15) is 4.39 Å². The van der Waals surface area contributed by atoms with Gasteiger partial charge in [0.25, 0.3) is 0 Å². The van der Waals surface area contributed by atoms with Crippen LogP contribution in [0, 0.1) is 5.82 Å². The Kier molecular flexibility index (Phi) is 5.20. The van der Waals surface area contributed by atoms with Crippen LogP contribution in [0.4, 0.5) is 4.39 Å². The topological polar surface area (TPSA) is 15.3 Å². The molecule has 0 saturated carbocycles. The van der Waals surface area contributed by atoms with Gasteiger partial charge in [-0.3, -0.25) is 4.90 Å². The Morgan fingerprint density at radius 3 is 2.95 bits per heavy atom. The number of hydrogen-bond donors (Lipinski definition) is 1. The van der Waals surface area contributed by atoms with E-state index in [1.165, 1.54) is 6.07 Å². The van der Waals surface area contributed by atoms with Crippen LogP contribution in [0.2, 0.25) is 5.02 Å². The Hall–Kier alpha value is -0.640. The van der Waals surface area contributed by atoms with Crippen LogP contribution in [-0.4, -0.2) is 30.1 Å². The molecule has 19 heavy (non-hydrogen) atoms. The molecule has 1 aliphatic rings. The molecular formula is C15H22ClFN2. The summed E-state index contributed by atoms with van der Waals surface area (Å²) in [6, 6.07) is 5.82. The predicted octanol–water partition coefficient (Wildman–Crippen LogP) is 3.44. The van der Waals surface area contributed by atoms with Gasteiger partial charge in [-0.1, -0.05) is 31.0 Å². The highest BCUT2D eigenvalue weighted by Crippen LogP contribution is 2.23. The Balaban J connectivity index is 2.14. The van der Waals surface area contributed by atoms with E-state index in [4.69, 9.17) is 11.6 Å². The highest BCUT2D eigenvalue weighted by molar-refractivity contribution is 6.31. The molecule has 2 unspecified atom stereocenters. The summed E-state index contributed by atoms with van der Waals surface area (Å²) in [5.74, 6) is -0.200. The maximum Gasteiger partial charge on any atom is 0.129 e. The molecule has 0 aromatic heterocycles. The SMILES string of the molecule is CCCC1CNC(C)CN1Cc1c(F)cccc1Cl. The largest absolute Gasteiger partial charge is 0.311 e. The summed E-state index contributed by atoms with van der Waals surface area (Å²) in [6.07, 6.45) is 2.27. The zero-order valence-corrected chi connectivity index (χ0v) is 12.4. The Bertz CT molecular complexity index is 404. The highest BCUT2D eigenvalue weighted by atomic mass is 35.5. The molecule has 1 fully saturated rings. The van der Waals surface area contributed by atoms with Crippen molar-refractivity contribution in [3.63, 3.8) is 0 Å². The molecule has 0 bridgehead atoms. The second-order valence-corrected chi connectivity index (χ2v) is 5.79. The summed E-state index contributed by atoms with van der Waals surface area (Å²) < 4.78 is 13.9. The van der Waals surface area contributed by atoms with Gasteiger partial charge in [-0.25, -0.2) is 4.39 Å². The van der Waals surface area contributed by atoms with Crippen molar-refractivity contribution in [2.45, 2.75) is 45.3 Å². The molecule has 1 heterocycles. The van der Waals surface area contributed by atoms with Crippen molar-refractivity contribution in [2.24, 2.45) is 0 Å². The molecule has 0 radical (unpaired) electrons. The Morgan fingerprint density at radius 1 is 1.47 bits per heavy atom. The van der Waals surface area contributed by atoms with E-state index in [0.717, 1.165) is 25.9 Å². The minimum absolute atomic E-state index is 0.200. The van der Waals surface area contributed by atoms with E-state index in [-0.39, 0.29) is 5.82 Å². The lowest BCUT2D eigenvalue weighted by atomic mass is 10.0. The number of nitrogens with one attached hydrogen (secondary N) is 1. The monoisotopic (exact) mass is 284 g/mol. The van der Waals surface area contributed by atoms with Gasteiger partial charge in [-0.05, 0) is 25.5 Å². The number of benzene rings is 1. The zero-order chi connectivity index (χ0) is 13.8. The highest BCUT2D eigenvalue weighted by Gasteiger charge is 2.26. The number of piperazine rings is 1. The molecule has 1 N–H and O–H groups in total. The van der Waals surface area contributed by atoms with Gasteiger partial charge in [0.1, 0.15) is 5.82 Å². The van der Waals surface area contributed by atoms with Crippen molar-refractivity contribution in [2.75, 3.05) is 13.1 Å². The van der Waals surface area contributed by atoms with Crippen molar-refractivity contribution in [3.05, 3.63) is 34.6 Å². The second-order valence-electron chi connectivity index (χ2n) is 5.38. The van der Waals surface area contributed by atoms with E-state index in [1.807, 2.05) is 0 Å². The van der Waals surface area contributed by atoms with E-state index in [0.29, 0.717) is 29.2 Å². The summed E-state index contributed by atoms with van der Waals surface area (Å²) in [7, 11) is 0. The minimum atomic E-state index is -0.200. The van der Waals surface area contributed by atoms with E-state index in [2.05, 4.69) is 24.1 Å². The van der Waals surface area contributed by atoms with Crippen LogP contribution in [0.25, 0.3) is 0 Å². The van der Waals surface area contributed by atoms with Crippen LogP contribution in [0.1, 0.15) is 32.3 Å². The molecule has 0 spiro atoms. The van der Waals surface area contributed by atoms with Crippen molar-refractivity contribution < 1.29 is 4.39 Å². The fourth-order valence-electron chi connectivity index (χ4n) is 2.73. The van der Waals surface area contributed by atoms with Gasteiger partial charge < -0.3 is 5.32 Å². The summed E-state index contributed by atoms with van der Waals surface area (Å²) in [5.41, 5.74) is 0.624. The lowest BCUT2D eigenvalue weighted by molar-refractivity contribution is 0.119. The van der Waals surface area contributed by atoms with Crippen molar-refractivity contribution >= 4 is 11.6 Å². The first kappa shape index (κ1) is 14.8. The van der Waals surface area contributed by atoms with Gasteiger partial charge in [-0.2, -0.15) is 0 Å². The zero-order valence-electron chi connectivity index (χ0n) is 11.6. The van der Waals surface area contributed by atoms with E-state index >= 15 is 0 Å². The lowest BCUT2D eigenvalue weighted by Crippen LogP contribution is -2.54. The van der Waals surface area contributed by atoms with Gasteiger partial charge in [0.2, 0.25) is 0 Å². The Morgan fingerprint density at radius 2 is 2.26 bits per heavy atom. The summed E-state index contributed by atoms with van der Waals surface area (Å²) in [6.45, 7) is 6.86. The van der Waals surface area contributed by atoms with Gasteiger partial charge in [0.05, 0.1) is 0 Å². The van der Waals surface area contributed by atoms with Crippen LogP contribution in [0.15, 0.2) is 18.2 Å². The molecule has 0 aliphatic carbocycles. The Labute approximate surface area is 119 Å². The van der Waals surface area contributed by atoms with Crippen LogP contribution in [0.3, 0.4) is 0 Å². The maximum atomic E-state index is 13.9. The molecule has 1 aromatic carbocycles. The quantitative estimate of drug-likeness (QED) is 0.911. The fourth-order valence-corrected chi connectivity index (χ4v) is 2.95. The van der Waals surface area contributed by atoms with Crippen LogP contribution >= 0.6 is 11.6 Å². The summed E-state index contributed by atoms with van der Waals surface area (Å²) in [4.78, 5) is 2.36. The molecule has 4 heteroatoms. The smallest absolute Gasteiger partial charge is 0.129 e. The number of hydrogen-bond acceptors (Lipinski definition) is 2. The molecule has 2 atom stereocenters. The number of nitrogens with zero attached hydrogens (tertiary/aromatic N) is 1. The summed E-state index contributed by atoms with van der Waals surface area (Å²) in [5, 5.41) is 4.02. The van der Waals surface area contributed by atoms with Crippen LogP contribution < -0.4 is 5.32 Å². The molecule has 106 valence electrons. The van der Waals surface area contributed by atoms with Gasteiger partial charge in [0.15, 0.2) is 0 Å². The third kappa shape index (κ3) is 3.68. The average molecular weight is 285 g/mol. The first-order valence-electron chi connectivity index (χ1n) is 7.02. The molecule has 2 rings (SSSR count). The van der Waals surface area contributed by atoms with Gasteiger partial charge in [-0.15, -0.1) is 0 Å². The van der Waals surface area contributed by atoms with Crippen molar-refractivity contribution in [1.29, 1.82) is 0 Å². The first-order chi connectivity index (χ1) is 9.11. The minimum Gasteiger partial charge on any atom is -0.311 e. The molecule has 1 saturated heterocycles. The lowest BCUT2D eigenvalue weighted by Gasteiger charge is -2.39. The standard InChI is InChI=1S/C15H22ClFN2/c1-3-5-12-8-18-11(2)9-19(12)10-13-14(16)6-4-7-15(13)17/h4,6-7,11-12,18H,3,5,8-10H2,1-2H3.